The average molecular weight is 393 g/mol. The summed E-state index contributed by atoms with van der Waals surface area (Å²) in [5.74, 6) is 0.732. The molecule has 1 aliphatic heterocycles. The van der Waals surface area contributed by atoms with Crippen LogP contribution in [-0.2, 0) is 18.4 Å². The highest BCUT2D eigenvalue weighted by Crippen LogP contribution is 2.26. The summed E-state index contributed by atoms with van der Waals surface area (Å²) in [6.07, 6.45) is 1.64. The number of hydrogen-bond donors (Lipinski definition) is 1. The van der Waals surface area contributed by atoms with Gasteiger partial charge < -0.3 is 4.74 Å². The van der Waals surface area contributed by atoms with E-state index < -0.39 is 5.91 Å². The number of fused-ring (bicyclic) bond motifs is 1. The number of nitrogens with zero attached hydrogens (tertiary/aromatic N) is 2. The van der Waals surface area contributed by atoms with Gasteiger partial charge in [0.2, 0.25) is 0 Å². The lowest BCUT2D eigenvalue weighted by Crippen LogP contribution is -2.23. The molecule has 8 heteroatoms. The van der Waals surface area contributed by atoms with E-state index in [1.807, 2.05) is 12.1 Å². The van der Waals surface area contributed by atoms with Crippen molar-refractivity contribution in [3.63, 3.8) is 0 Å². The van der Waals surface area contributed by atoms with E-state index in [0.717, 1.165) is 17.3 Å². The van der Waals surface area contributed by atoms with E-state index in [2.05, 4.69) is 10.3 Å². The lowest BCUT2D eigenvalue weighted by Gasteiger charge is -2.11. The monoisotopic (exact) mass is 393 g/mol. The molecule has 7 nitrogen and oxygen atoms in total. The zero-order valence-electron chi connectivity index (χ0n) is 14.8. The number of carbonyl (C=O) groups is 2. The Morgan fingerprint density at radius 1 is 1.11 bits per heavy atom. The fourth-order valence-electron chi connectivity index (χ4n) is 2.77. The summed E-state index contributed by atoms with van der Waals surface area (Å²) in [6.45, 7) is 0.143. The maximum absolute atomic E-state index is 12.4. The minimum atomic E-state index is -0.390. The van der Waals surface area contributed by atoms with Gasteiger partial charge in [-0.3, -0.25) is 24.3 Å². The number of para-hydroxylation sites is 1. The molecule has 1 fully saturated rings. The van der Waals surface area contributed by atoms with Crippen LogP contribution in [0.5, 0.6) is 5.75 Å². The van der Waals surface area contributed by atoms with Crippen molar-refractivity contribution in [1.29, 1.82) is 0 Å². The first-order valence-electron chi connectivity index (χ1n) is 8.43. The Balaban J connectivity index is 1.50. The van der Waals surface area contributed by atoms with Crippen LogP contribution in [0.2, 0.25) is 0 Å². The van der Waals surface area contributed by atoms with E-state index in [-0.39, 0.29) is 17.4 Å². The summed E-state index contributed by atoms with van der Waals surface area (Å²) in [6, 6.07) is 14.3. The Hall–Kier alpha value is -3.39. The number of rotatable bonds is 4. The molecule has 4 rings (SSSR count). The van der Waals surface area contributed by atoms with E-state index in [0.29, 0.717) is 27.4 Å². The van der Waals surface area contributed by atoms with Crippen LogP contribution in [-0.4, -0.2) is 20.7 Å². The molecule has 1 aliphatic rings. The summed E-state index contributed by atoms with van der Waals surface area (Å²) in [7, 11) is 1.67. The van der Waals surface area contributed by atoms with Crippen molar-refractivity contribution in [3.05, 3.63) is 75.2 Å². The topological polar surface area (TPSA) is 90.3 Å². The average Bonchev–Trinajstić information content (AvgIpc) is 3.01. The van der Waals surface area contributed by atoms with Gasteiger partial charge in [-0.1, -0.05) is 24.3 Å². The number of imide groups is 1. The first kappa shape index (κ1) is 18.0. The Kier molecular flexibility index (Phi) is 4.70. The zero-order valence-corrected chi connectivity index (χ0v) is 15.7. The number of amides is 2. The molecule has 0 spiro atoms. The molecular formula is C20H15N3O4S. The molecule has 1 N–H and O–H groups in total. The molecule has 1 aromatic heterocycles. The smallest absolute Gasteiger partial charge is 0.290 e. The van der Waals surface area contributed by atoms with Gasteiger partial charge in [0.15, 0.2) is 0 Å². The lowest BCUT2D eigenvalue weighted by atomic mass is 10.2. The van der Waals surface area contributed by atoms with Crippen LogP contribution in [0.4, 0.5) is 4.79 Å². The van der Waals surface area contributed by atoms with E-state index in [1.165, 1.54) is 4.57 Å². The van der Waals surface area contributed by atoms with Crippen molar-refractivity contribution in [2.24, 2.45) is 7.05 Å². The number of benzene rings is 2. The van der Waals surface area contributed by atoms with Gasteiger partial charge >= 0.3 is 0 Å². The number of thioether (sulfide) groups is 1. The molecule has 3 aromatic rings. The predicted molar refractivity (Wildman–Crippen MR) is 107 cm³/mol. The fraction of sp³-hybridized carbons (Fsp3) is 0.100. The molecule has 0 saturated carbocycles. The van der Waals surface area contributed by atoms with E-state index >= 15 is 0 Å². The SMILES string of the molecule is Cn1c(COc2ccc(C=C3SC(=O)NC3=O)cc2)nc2ccccc2c1=O. The highest BCUT2D eigenvalue weighted by Gasteiger charge is 2.24. The van der Waals surface area contributed by atoms with Crippen LogP contribution in [0.1, 0.15) is 11.4 Å². The first-order valence-corrected chi connectivity index (χ1v) is 9.25. The third-order valence-corrected chi connectivity index (χ3v) is 5.07. The Morgan fingerprint density at radius 2 is 1.86 bits per heavy atom. The second kappa shape index (κ2) is 7.32. The van der Waals surface area contributed by atoms with Crippen molar-refractivity contribution in [3.8, 4) is 5.75 Å². The highest BCUT2D eigenvalue weighted by atomic mass is 32.2. The van der Waals surface area contributed by atoms with Gasteiger partial charge in [-0.2, -0.15) is 0 Å². The highest BCUT2D eigenvalue weighted by molar-refractivity contribution is 8.18. The van der Waals surface area contributed by atoms with Crippen molar-refractivity contribution >= 4 is 39.9 Å². The van der Waals surface area contributed by atoms with Crippen LogP contribution < -0.4 is 15.6 Å². The van der Waals surface area contributed by atoms with Gasteiger partial charge in [0.1, 0.15) is 18.2 Å². The van der Waals surface area contributed by atoms with Crippen molar-refractivity contribution in [2.45, 2.75) is 6.61 Å². The predicted octanol–water partition coefficient (Wildman–Crippen LogP) is 2.84. The Labute approximate surface area is 164 Å². The van der Waals surface area contributed by atoms with Crippen molar-refractivity contribution in [1.82, 2.24) is 14.9 Å². The van der Waals surface area contributed by atoms with Gasteiger partial charge in [0.25, 0.3) is 16.7 Å². The zero-order chi connectivity index (χ0) is 19.7. The molecule has 2 aromatic carbocycles. The lowest BCUT2D eigenvalue weighted by molar-refractivity contribution is -0.115. The quantitative estimate of drug-likeness (QED) is 0.686. The molecule has 1 saturated heterocycles. The second-order valence-electron chi connectivity index (χ2n) is 6.12. The van der Waals surface area contributed by atoms with Gasteiger partial charge in [0, 0.05) is 7.05 Å². The molecule has 28 heavy (non-hydrogen) atoms. The van der Waals surface area contributed by atoms with Gasteiger partial charge in [-0.05, 0) is 47.7 Å². The Morgan fingerprint density at radius 3 is 2.57 bits per heavy atom. The van der Waals surface area contributed by atoms with Gasteiger partial charge in [0.05, 0.1) is 15.8 Å². The molecule has 0 radical (unpaired) electrons. The molecule has 2 amide bonds. The van der Waals surface area contributed by atoms with Crippen molar-refractivity contribution in [2.75, 3.05) is 0 Å². The number of carbonyl (C=O) groups excluding carboxylic acids is 2. The van der Waals surface area contributed by atoms with Crippen LogP contribution >= 0.6 is 11.8 Å². The maximum atomic E-state index is 12.4. The van der Waals surface area contributed by atoms with Crippen LogP contribution in [0.15, 0.2) is 58.2 Å². The first-order chi connectivity index (χ1) is 13.5. The number of ether oxygens (including phenoxy) is 1. The summed E-state index contributed by atoms with van der Waals surface area (Å²) in [5, 5.41) is 2.41. The molecule has 0 unspecified atom stereocenters. The van der Waals surface area contributed by atoms with Gasteiger partial charge in [-0.15, -0.1) is 0 Å². The fourth-order valence-corrected chi connectivity index (χ4v) is 3.46. The van der Waals surface area contributed by atoms with Crippen LogP contribution in [0.25, 0.3) is 17.0 Å². The largest absolute Gasteiger partial charge is 0.486 e. The van der Waals surface area contributed by atoms with Crippen LogP contribution in [0, 0.1) is 0 Å². The minimum absolute atomic E-state index is 0.118. The molecule has 2 heterocycles. The summed E-state index contributed by atoms with van der Waals surface area (Å²) >= 11 is 0.874. The molecule has 0 bridgehead atoms. The van der Waals surface area contributed by atoms with Crippen LogP contribution in [0.3, 0.4) is 0 Å². The molecule has 140 valence electrons. The van der Waals surface area contributed by atoms with E-state index in [4.69, 9.17) is 4.74 Å². The molecular weight excluding hydrogens is 378 g/mol. The summed E-state index contributed by atoms with van der Waals surface area (Å²) in [5.41, 5.74) is 1.29. The third-order valence-electron chi connectivity index (χ3n) is 4.26. The number of aromatic nitrogens is 2. The normalized spacial score (nSPS) is 15.2. The summed E-state index contributed by atoms with van der Waals surface area (Å²) < 4.78 is 7.24. The van der Waals surface area contributed by atoms with E-state index in [9.17, 15) is 14.4 Å². The molecule has 0 aliphatic carbocycles. The minimum Gasteiger partial charge on any atom is -0.486 e. The van der Waals surface area contributed by atoms with Gasteiger partial charge in [-0.25, -0.2) is 4.98 Å². The standard InChI is InChI=1S/C20H15N3O4S/c1-23-17(21-15-5-3-2-4-14(15)19(23)25)11-27-13-8-6-12(7-9-13)10-16-18(24)22-20(26)28-16/h2-10H,11H2,1H3,(H,22,24,26). The van der Waals surface area contributed by atoms with Crippen molar-refractivity contribution < 1.29 is 14.3 Å². The number of nitrogens with one attached hydrogen (secondary N) is 1. The molecule has 0 atom stereocenters. The second-order valence-corrected chi connectivity index (χ2v) is 7.13. The number of hydrogen-bond acceptors (Lipinski definition) is 6. The Bertz CT molecular complexity index is 1180. The maximum Gasteiger partial charge on any atom is 0.290 e. The third kappa shape index (κ3) is 3.54. The summed E-state index contributed by atoms with van der Waals surface area (Å²) in [4.78, 5) is 40.1. The van der Waals surface area contributed by atoms with E-state index in [1.54, 1.807) is 49.5 Å².